The molecule has 1 unspecified atom stereocenters. The van der Waals surface area contributed by atoms with Gasteiger partial charge in [-0.25, -0.2) is 9.67 Å². The maximum Gasteiger partial charge on any atom is 2.00 e. The van der Waals surface area contributed by atoms with Crippen molar-refractivity contribution in [2.24, 2.45) is 0 Å². The van der Waals surface area contributed by atoms with Crippen molar-refractivity contribution in [2.45, 2.75) is 12.6 Å². The number of hydrogen-bond acceptors (Lipinski definition) is 3. The Kier molecular flexibility index (Phi) is 10.5. The van der Waals surface area contributed by atoms with Gasteiger partial charge in [0.25, 0.3) is 0 Å². The van der Waals surface area contributed by atoms with Gasteiger partial charge in [-0.1, -0.05) is 40.2 Å². The number of rotatable bonds is 5. The van der Waals surface area contributed by atoms with Crippen LogP contribution in [0.1, 0.15) is 11.7 Å². The number of nitrogens with zero attached hydrogens (tertiary/aromatic N) is 3. The van der Waals surface area contributed by atoms with E-state index in [-0.39, 0.29) is 17.1 Å². The van der Waals surface area contributed by atoms with Crippen molar-refractivity contribution >= 4 is 15.9 Å². The molecule has 0 saturated heterocycles. The Morgan fingerprint density at radius 3 is 2.25 bits per heavy atom. The van der Waals surface area contributed by atoms with Gasteiger partial charge in [0, 0.05) is 10.4 Å². The minimum absolute atomic E-state index is 0. The summed E-state index contributed by atoms with van der Waals surface area (Å²) in [5.41, 5.74) is 1.68. The van der Waals surface area contributed by atoms with Crippen molar-refractivity contribution < 1.29 is 22.2 Å². The fourth-order valence-corrected chi connectivity index (χ4v) is 3.13. The Hall–Kier alpha value is -0.941. The molecule has 2 saturated carbocycles. The number of aromatic nitrogens is 3. The summed E-state index contributed by atoms with van der Waals surface area (Å²) in [5, 5.41) is 14.9. The molecule has 1 heterocycles. The molecular formula is C22H20BrFeN3O+2. The summed E-state index contributed by atoms with van der Waals surface area (Å²) in [7, 11) is 0. The Morgan fingerprint density at radius 1 is 1.04 bits per heavy atom. The van der Waals surface area contributed by atoms with Crippen molar-refractivity contribution in [1.29, 1.82) is 0 Å². The van der Waals surface area contributed by atoms with E-state index in [0.717, 1.165) is 21.5 Å². The van der Waals surface area contributed by atoms with Gasteiger partial charge in [0.2, 0.25) is 0 Å². The SMILES string of the molecule is OC(/C(=C/[C]1[CH][CH][CH][CH]1)Cn1cncn1)c1ccccc1Br.[CH]1[CH][CH][CH][CH]1.[Fe+2]. The average Bonchev–Trinajstić information content (AvgIpc) is 3.45. The third-order valence-electron chi connectivity index (χ3n) is 3.96. The van der Waals surface area contributed by atoms with Crippen LogP contribution in [0.25, 0.3) is 0 Å². The molecule has 4 nitrogen and oxygen atoms in total. The molecule has 142 valence electrons. The number of halogens is 1. The van der Waals surface area contributed by atoms with Crippen molar-refractivity contribution in [3.05, 3.63) is 122 Å². The minimum atomic E-state index is -0.713. The molecule has 1 N–H and O–H groups in total. The Bertz CT molecular complexity index is 703. The number of aliphatic hydroxyl groups excluding tert-OH is 1. The zero-order valence-electron chi connectivity index (χ0n) is 15.0. The van der Waals surface area contributed by atoms with Gasteiger partial charge in [-0.05, 0) is 75.0 Å². The second-order valence-corrected chi connectivity index (χ2v) is 6.77. The molecule has 10 radical (unpaired) electrons. The van der Waals surface area contributed by atoms with Crippen LogP contribution in [0, 0.1) is 63.7 Å². The maximum absolute atomic E-state index is 10.8. The number of hydrogen-bond donors (Lipinski definition) is 1. The summed E-state index contributed by atoms with van der Waals surface area (Å²) < 4.78 is 2.59. The molecular weight excluding hydrogens is 458 g/mol. The van der Waals surface area contributed by atoms with Crippen molar-refractivity contribution in [3.8, 4) is 0 Å². The van der Waals surface area contributed by atoms with Gasteiger partial charge in [-0.2, -0.15) is 5.10 Å². The molecule has 4 rings (SSSR count). The van der Waals surface area contributed by atoms with Gasteiger partial charge in [0.15, 0.2) is 0 Å². The van der Waals surface area contributed by atoms with Crippen LogP contribution >= 0.6 is 15.9 Å². The van der Waals surface area contributed by atoms with E-state index in [0.29, 0.717) is 6.54 Å². The second kappa shape index (κ2) is 12.6. The van der Waals surface area contributed by atoms with Crippen LogP contribution in [0.5, 0.6) is 0 Å². The molecule has 2 aliphatic carbocycles. The zero-order valence-corrected chi connectivity index (χ0v) is 17.7. The number of benzene rings is 1. The van der Waals surface area contributed by atoms with E-state index < -0.39 is 6.10 Å². The van der Waals surface area contributed by atoms with Crippen LogP contribution in [-0.4, -0.2) is 19.9 Å². The molecule has 2 fully saturated rings. The molecule has 0 aliphatic heterocycles. The van der Waals surface area contributed by atoms with Crippen molar-refractivity contribution in [3.63, 3.8) is 0 Å². The predicted octanol–water partition coefficient (Wildman–Crippen LogP) is 4.12. The smallest absolute Gasteiger partial charge is 0.384 e. The van der Waals surface area contributed by atoms with E-state index in [4.69, 9.17) is 0 Å². The monoisotopic (exact) mass is 477 g/mol. The fraction of sp³-hybridized carbons (Fsp3) is 0.0909. The third-order valence-corrected chi connectivity index (χ3v) is 4.68. The quantitative estimate of drug-likeness (QED) is 0.659. The number of aliphatic hydroxyl groups is 1. The summed E-state index contributed by atoms with van der Waals surface area (Å²) in [4.78, 5) is 3.96. The summed E-state index contributed by atoms with van der Waals surface area (Å²) in [6, 6.07) is 7.68. The largest absolute Gasteiger partial charge is 2.00 e. The molecule has 28 heavy (non-hydrogen) atoms. The van der Waals surface area contributed by atoms with E-state index in [2.05, 4.69) is 26.0 Å². The summed E-state index contributed by atoms with van der Waals surface area (Å²) in [6.45, 7) is 0.480. The van der Waals surface area contributed by atoms with E-state index >= 15 is 0 Å². The van der Waals surface area contributed by atoms with Crippen molar-refractivity contribution in [1.82, 2.24) is 14.8 Å². The fourth-order valence-electron chi connectivity index (χ4n) is 2.63. The van der Waals surface area contributed by atoms with Gasteiger partial charge < -0.3 is 5.11 Å². The molecule has 0 spiro atoms. The zero-order chi connectivity index (χ0) is 18.9. The second-order valence-electron chi connectivity index (χ2n) is 5.92. The van der Waals surface area contributed by atoms with Gasteiger partial charge in [-0.3, -0.25) is 0 Å². The molecule has 1 aromatic carbocycles. The summed E-state index contributed by atoms with van der Waals surface area (Å²) in [6.07, 6.45) is 22.4. The van der Waals surface area contributed by atoms with Crippen molar-refractivity contribution in [2.75, 3.05) is 0 Å². The standard InChI is InChI=1S/C17H15BrN3O.C5H5.Fe/c18-16-8-4-3-7-15(16)17(22)14(9-13-5-1-2-6-13)10-21-12-19-11-20-21;1-2-4-5-3-1;/h1-9,11-12,17,22H,10H2;1-5H;/q;;+2/b14-9+;;. The van der Waals surface area contributed by atoms with Gasteiger partial charge in [-0.15, -0.1) is 0 Å². The first-order chi connectivity index (χ1) is 13.2. The first-order valence-electron chi connectivity index (χ1n) is 8.58. The molecule has 1 atom stereocenters. The average molecular weight is 478 g/mol. The van der Waals surface area contributed by atoms with Crippen LogP contribution < -0.4 is 0 Å². The summed E-state index contributed by atoms with van der Waals surface area (Å²) in [5.74, 6) is 1.06. The molecule has 1 aromatic heterocycles. The Morgan fingerprint density at radius 2 is 1.68 bits per heavy atom. The van der Waals surface area contributed by atoms with Crippen LogP contribution in [0.2, 0.25) is 0 Å². The molecule has 2 aliphatic rings. The maximum atomic E-state index is 10.8. The molecule has 0 bridgehead atoms. The molecule has 0 amide bonds. The van der Waals surface area contributed by atoms with Gasteiger partial charge >= 0.3 is 17.1 Å². The summed E-state index contributed by atoms with van der Waals surface area (Å²) >= 11 is 3.50. The van der Waals surface area contributed by atoms with E-state index in [1.165, 1.54) is 6.33 Å². The predicted molar refractivity (Wildman–Crippen MR) is 109 cm³/mol. The normalized spacial score (nSPS) is 18.3. The first-order valence-corrected chi connectivity index (χ1v) is 9.37. The van der Waals surface area contributed by atoms with Gasteiger partial charge in [0.05, 0.1) is 6.54 Å². The Labute approximate surface area is 187 Å². The van der Waals surface area contributed by atoms with Crippen LogP contribution in [0.15, 0.2) is 53.0 Å². The van der Waals surface area contributed by atoms with E-state index in [9.17, 15) is 5.11 Å². The van der Waals surface area contributed by atoms with Crippen LogP contribution in [0.3, 0.4) is 0 Å². The van der Waals surface area contributed by atoms with Crippen LogP contribution in [0.4, 0.5) is 0 Å². The minimum Gasteiger partial charge on any atom is -0.384 e. The van der Waals surface area contributed by atoms with E-state index in [1.807, 2.05) is 88.1 Å². The third kappa shape index (κ3) is 7.14. The van der Waals surface area contributed by atoms with Crippen LogP contribution in [-0.2, 0) is 23.6 Å². The van der Waals surface area contributed by atoms with E-state index in [1.54, 1.807) is 11.0 Å². The Balaban J connectivity index is 0.000000408. The molecule has 2 aromatic rings. The molecule has 6 heteroatoms. The topological polar surface area (TPSA) is 50.9 Å². The van der Waals surface area contributed by atoms with Gasteiger partial charge in [0.1, 0.15) is 18.8 Å². The first kappa shape index (κ1) is 23.3. The number of allylic oxidation sites excluding steroid dienone is 1.